The van der Waals surface area contributed by atoms with Gasteiger partial charge in [0.25, 0.3) is 5.91 Å². The van der Waals surface area contributed by atoms with Crippen molar-refractivity contribution >= 4 is 5.91 Å². The predicted molar refractivity (Wildman–Crippen MR) is 47.0 cm³/mol. The molecule has 1 aromatic rings. The second-order valence-electron chi connectivity index (χ2n) is 2.62. The molecule has 1 amide bonds. The van der Waals surface area contributed by atoms with Gasteiger partial charge < -0.3 is 5.32 Å². The number of rotatable bonds is 4. The molecule has 1 unspecified atom stereocenters. The van der Waals surface area contributed by atoms with E-state index in [2.05, 4.69) is 26.0 Å². The quantitative estimate of drug-likeness (QED) is 0.549. The zero-order valence-electron chi connectivity index (χ0n) is 7.66. The highest BCUT2D eigenvalue weighted by Crippen LogP contribution is 1.88. The van der Waals surface area contributed by atoms with Crippen molar-refractivity contribution in [2.75, 3.05) is 6.54 Å². The van der Waals surface area contributed by atoms with E-state index in [0.717, 1.165) is 6.54 Å². The Labute approximate surface area is 76.1 Å². The number of nitrogens with one attached hydrogen (secondary N) is 3. The van der Waals surface area contributed by atoms with Crippen LogP contribution < -0.4 is 10.6 Å². The summed E-state index contributed by atoms with van der Waals surface area (Å²) in [5, 5.41) is 15.2. The molecule has 1 heterocycles. The smallest absolute Gasteiger partial charge is 0.272 e. The van der Waals surface area contributed by atoms with E-state index < -0.39 is 0 Å². The molecule has 1 aromatic heterocycles. The molecule has 1 rings (SSSR count). The van der Waals surface area contributed by atoms with E-state index in [4.69, 9.17) is 0 Å². The zero-order chi connectivity index (χ0) is 9.68. The summed E-state index contributed by atoms with van der Waals surface area (Å²) in [4.78, 5) is 11.3. The molecule has 0 aliphatic carbocycles. The van der Waals surface area contributed by atoms with E-state index in [1.54, 1.807) is 0 Å². The molecule has 1 atom stereocenters. The van der Waals surface area contributed by atoms with Crippen molar-refractivity contribution < 1.29 is 4.79 Å². The molecule has 0 saturated heterocycles. The molecule has 13 heavy (non-hydrogen) atoms. The van der Waals surface area contributed by atoms with Crippen LogP contribution in [-0.4, -0.2) is 34.0 Å². The van der Waals surface area contributed by atoms with Crippen LogP contribution in [0.2, 0.25) is 0 Å². The van der Waals surface area contributed by atoms with Gasteiger partial charge in [-0.1, -0.05) is 12.1 Å². The lowest BCUT2D eigenvalue weighted by Gasteiger charge is -2.12. The topological polar surface area (TPSA) is 82.7 Å². The molecule has 0 radical (unpaired) electrons. The largest absolute Gasteiger partial charge is 0.336 e. The molecule has 6 nitrogen and oxygen atoms in total. The van der Waals surface area contributed by atoms with Gasteiger partial charge in [-0.2, -0.15) is 0 Å². The molecule has 0 spiro atoms. The van der Waals surface area contributed by atoms with Gasteiger partial charge in [0, 0.05) is 0 Å². The van der Waals surface area contributed by atoms with Gasteiger partial charge in [0.05, 0.1) is 12.4 Å². The van der Waals surface area contributed by atoms with Crippen molar-refractivity contribution in [3.63, 3.8) is 0 Å². The van der Waals surface area contributed by atoms with Crippen LogP contribution in [0.15, 0.2) is 6.20 Å². The number of hydrogen-bond donors (Lipinski definition) is 3. The van der Waals surface area contributed by atoms with E-state index in [1.807, 2.05) is 13.8 Å². The van der Waals surface area contributed by atoms with Gasteiger partial charge in [-0.25, -0.2) is 0 Å². The van der Waals surface area contributed by atoms with Gasteiger partial charge in [0.15, 0.2) is 0 Å². The number of amides is 1. The average molecular weight is 183 g/mol. The fraction of sp³-hybridized carbons (Fsp3) is 0.571. The highest BCUT2D eigenvalue weighted by atomic mass is 16.2. The molecule has 0 aliphatic heterocycles. The van der Waals surface area contributed by atoms with Crippen LogP contribution >= 0.6 is 0 Å². The van der Waals surface area contributed by atoms with Crippen LogP contribution in [0.25, 0.3) is 0 Å². The van der Waals surface area contributed by atoms with E-state index in [-0.39, 0.29) is 12.1 Å². The highest BCUT2D eigenvalue weighted by molar-refractivity contribution is 5.91. The van der Waals surface area contributed by atoms with Gasteiger partial charge in [0.2, 0.25) is 0 Å². The number of carbonyl (C=O) groups excluding carboxylic acids is 1. The van der Waals surface area contributed by atoms with E-state index >= 15 is 0 Å². The summed E-state index contributed by atoms with van der Waals surface area (Å²) in [5.41, 5.74) is 0.366. The number of aromatic nitrogens is 3. The van der Waals surface area contributed by atoms with E-state index in [0.29, 0.717) is 5.69 Å². The maximum atomic E-state index is 11.3. The predicted octanol–water partition coefficient (Wildman–Crippen LogP) is -0.510. The summed E-state index contributed by atoms with van der Waals surface area (Å²) >= 11 is 0. The number of H-pyrrole nitrogens is 1. The first-order valence-corrected chi connectivity index (χ1v) is 4.14. The maximum Gasteiger partial charge on any atom is 0.272 e. The van der Waals surface area contributed by atoms with Crippen LogP contribution in [0.3, 0.4) is 0 Å². The molecule has 0 saturated carbocycles. The first kappa shape index (κ1) is 9.66. The number of carbonyl (C=O) groups is 1. The van der Waals surface area contributed by atoms with Gasteiger partial charge in [-0.3, -0.25) is 15.2 Å². The normalized spacial score (nSPS) is 12.5. The summed E-state index contributed by atoms with van der Waals surface area (Å²) in [5.74, 6) is -0.210. The minimum Gasteiger partial charge on any atom is -0.336 e. The Hall–Kier alpha value is -1.43. The van der Waals surface area contributed by atoms with Crippen LogP contribution in [0.1, 0.15) is 24.3 Å². The minimum absolute atomic E-state index is 0.0548. The number of aromatic amines is 1. The van der Waals surface area contributed by atoms with Crippen molar-refractivity contribution in [2.24, 2.45) is 0 Å². The third kappa shape index (κ3) is 2.83. The SMILES string of the molecule is CCNC(C)NC(=O)c1cnn[nH]1. The molecule has 3 N–H and O–H groups in total. The van der Waals surface area contributed by atoms with Crippen molar-refractivity contribution in [3.8, 4) is 0 Å². The van der Waals surface area contributed by atoms with Crippen molar-refractivity contribution in [1.82, 2.24) is 26.0 Å². The van der Waals surface area contributed by atoms with Crippen molar-refractivity contribution in [1.29, 1.82) is 0 Å². The highest BCUT2D eigenvalue weighted by Gasteiger charge is 2.09. The van der Waals surface area contributed by atoms with E-state index in [1.165, 1.54) is 6.20 Å². The Morgan fingerprint density at radius 3 is 3.08 bits per heavy atom. The Morgan fingerprint density at radius 1 is 1.77 bits per heavy atom. The lowest BCUT2D eigenvalue weighted by atomic mass is 10.4. The molecule has 0 fully saturated rings. The Bertz CT molecular complexity index is 258. The lowest BCUT2D eigenvalue weighted by Crippen LogP contribution is -2.43. The summed E-state index contributed by atoms with van der Waals surface area (Å²) in [6.45, 7) is 4.65. The maximum absolute atomic E-state index is 11.3. The number of hydrogen-bond acceptors (Lipinski definition) is 4. The Kier molecular flexibility index (Phi) is 3.39. The third-order valence-corrected chi connectivity index (χ3v) is 1.52. The third-order valence-electron chi connectivity index (χ3n) is 1.52. The Morgan fingerprint density at radius 2 is 2.54 bits per heavy atom. The second-order valence-corrected chi connectivity index (χ2v) is 2.62. The fourth-order valence-electron chi connectivity index (χ4n) is 0.939. The van der Waals surface area contributed by atoms with Crippen LogP contribution in [-0.2, 0) is 0 Å². The van der Waals surface area contributed by atoms with Crippen molar-refractivity contribution in [3.05, 3.63) is 11.9 Å². The van der Waals surface area contributed by atoms with Crippen LogP contribution in [0.5, 0.6) is 0 Å². The van der Waals surface area contributed by atoms with Gasteiger partial charge >= 0.3 is 0 Å². The standard InChI is InChI=1S/C7H13N5O/c1-3-8-5(2)10-7(13)6-4-9-12-11-6/h4-5,8H,3H2,1-2H3,(H,10,13)(H,9,11,12). The molecule has 6 heteroatoms. The number of nitrogens with zero attached hydrogens (tertiary/aromatic N) is 2. The fourth-order valence-corrected chi connectivity index (χ4v) is 0.939. The zero-order valence-corrected chi connectivity index (χ0v) is 7.66. The van der Waals surface area contributed by atoms with Gasteiger partial charge in [-0.05, 0) is 13.5 Å². The molecule has 0 aliphatic rings. The van der Waals surface area contributed by atoms with E-state index in [9.17, 15) is 4.79 Å². The van der Waals surface area contributed by atoms with Crippen LogP contribution in [0, 0.1) is 0 Å². The molecular formula is C7H13N5O. The summed E-state index contributed by atoms with van der Waals surface area (Å²) < 4.78 is 0. The summed E-state index contributed by atoms with van der Waals surface area (Å²) in [6.07, 6.45) is 1.33. The lowest BCUT2D eigenvalue weighted by molar-refractivity contribution is 0.0929. The second kappa shape index (κ2) is 4.56. The van der Waals surface area contributed by atoms with Crippen molar-refractivity contribution in [2.45, 2.75) is 20.0 Å². The molecule has 0 bridgehead atoms. The van der Waals surface area contributed by atoms with Gasteiger partial charge in [-0.15, -0.1) is 5.10 Å². The first-order chi connectivity index (χ1) is 6.24. The van der Waals surface area contributed by atoms with Crippen LogP contribution in [0.4, 0.5) is 0 Å². The first-order valence-electron chi connectivity index (χ1n) is 4.14. The monoisotopic (exact) mass is 183 g/mol. The minimum atomic E-state index is -0.210. The van der Waals surface area contributed by atoms with Gasteiger partial charge in [0.1, 0.15) is 5.69 Å². The molecule has 0 aromatic carbocycles. The summed E-state index contributed by atoms with van der Waals surface area (Å²) in [7, 11) is 0. The molecular weight excluding hydrogens is 170 g/mol. The Balaban J connectivity index is 2.42. The summed E-state index contributed by atoms with van der Waals surface area (Å²) in [6, 6.07) is 0. The average Bonchev–Trinajstić information content (AvgIpc) is 2.55. The molecule has 72 valence electrons.